The highest BCUT2D eigenvalue weighted by Gasteiger charge is 2.29. The number of benzene rings is 1. The van der Waals surface area contributed by atoms with Gasteiger partial charge in [0.25, 0.3) is 0 Å². The lowest BCUT2D eigenvalue weighted by molar-refractivity contribution is 0.317. The number of allylic oxidation sites excluding steroid dienone is 2. The molecule has 1 aromatic carbocycles. The minimum absolute atomic E-state index is 0.646. The number of hydrogen-bond donors (Lipinski definition) is 1. The Morgan fingerprint density at radius 3 is 3.00 bits per heavy atom. The maximum absolute atomic E-state index is 8.80. The van der Waals surface area contributed by atoms with Crippen LogP contribution in [-0.4, -0.2) is 10.9 Å². The van der Waals surface area contributed by atoms with E-state index in [2.05, 4.69) is 35.5 Å². The molecule has 2 aliphatic rings. The monoisotopic (exact) mass is 199 g/mol. The minimum atomic E-state index is 0.646. The zero-order valence-corrected chi connectivity index (χ0v) is 8.48. The second kappa shape index (κ2) is 3.23. The van der Waals surface area contributed by atoms with Crippen molar-refractivity contribution in [2.45, 2.75) is 19.3 Å². The van der Waals surface area contributed by atoms with Crippen molar-refractivity contribution in [3.8, 4) is 0 Å². The maximum atomic E-state index is 8.80. The summed E-state index contributed by atoms with van der Waals surface area (Å²) in [4.78, 5) is 0. The number of rotatable bonds is 0. The fourth-order valence-electron chi connectivity index (χ4n) is 2.68. The van der Waals surface area contributed by atoms with Crippen molar-refractivity contribution in [3.63, 3.8) is 0 Å². The van der Waals surface area contributed by atoms with E-state index in [9.17, 15) is 0 Å². The van der Waals surface area contributed by atoms with Gasteiger partial charge in [0.2, 0.25) is 0 Å². The van der Waals surface area contributed by atoms with Crippen LogP contribution in [0, 0.1) is 5.92 Å². The predicted octanol–water partition coefficient (Wildman–Crippen LogP) is 2.87. The van der Waals surface area contributed by atoms with E-state index >= 15 is 0 Å². The van der Waals surface area contributed by atoms with Crippen molar-refractivity contribution >= 4 is 11.3 Å². The Bertz CT molecular complexity index is 459. The largest absolute Gasteiger partial charge is 0.411 e. The van der Waals surface area contributed by atoms with Crippen LogP contribution < -0.4 is 0 Å². The van der Waals surface area contributed by atoms with Gasteiger partial charge in [0.1, 0.15) is 0 Å². The molecule has 1 atom stereocenters. The Hall–Kier alpha value is -1.57. The van der Waals surface area contributed by atoms with Gasteiger partial charge in [-0.1, -0.05) is 29.4 Å². The summed E-state index contributed by atoms with van der Waals surface area (Å²) in [6.07, 6.45) is 5.22. The molecule has 0 fully saturated rings. The second-order valence-corrected chi connectivity index (χ2v) is 4.29. The average Bonchev–Trinajstić information content (AvgIpc) is 2.66. The molecule has 76 valence electrons. The van der Waals surface area contributed by atoms with Crippen LogP contribution in [0.25, 0.3) is 5.57 Å². The molecule has 0 radical (unpaired) electrons. The summed E-state index contributed by atoms with van der Waals surface area (Å²) in [5.74, 6) is 0.646. The molecule has 0 heterocycles. The molecule has 0 amide bonds. The second-order valence-electron chi connectivity index (χ2n) is 4.29. The molecule has 0 aromatic heterocycles. The van der Waals surface area contributed by atoms with E-state index in [0.29, 0.717) is 5.92 Å². The quantitative estimate of drug-likeness (QED) is 0.505. The van der Waals surface area contributed by atoms with Gasteiger partial charge in [0, 0.05) is 0 Å². The number of fused-ring (bicyclic) bond motifs is 3. The zero-order valence-electron chi connectivity index (χ0n) is 8.48. The standard InChI is InChI=1S/C13H13NO/c15-14-11-6-5-10-7-9-3-1-2-4-12(9)13(10)8-11/h1-4,8,10,15H,5-7H2/b14-11-/t10-/m0/s1. The van der Waals surface area contributed by atoms with Gasteiger partial charge >= 0.3 is 0 Å². The van der Waals surface area contributed by atoms with Crippen molar-refractivity contribution in [2.24, 2.45) is 11.1 Å². The normalized spacial score (nSPS) is 26.0. The van der Waals surface area contributed by atoms with Crippen molar-refractivity contribution in [1.82, 2.24) is 0 Å². The minimum Gasteiger partial charge on any atom is -0.411 e. The lowest BCUT2D eigenvalue weighted by atomic mass is 9.87. The first-order valence-electron chi connectivity index (χ1n) is 5.39. The molecule has 1 aromatic rings. The van der Waals surface area contributed by atoms with Crippen molar-refractivity contribution in [2.75, 3.05) is 0 Å². The number of nitrogens with zero attached hydrogens (tertiary/aromatic N) is 1. The molecule has 0 saturated heterocycles. The van der Waals surface area contributed by atoms with Crippen molar-refractivity contribution < 1.29 is 5.21 Å². The Labute approximate surface area is 88.9 Å². The third-order valence-corrected chi connectivity index (χ3v) is 3.43. The van der Waals surface area contributed by atoms with Gasteiger partial charge in [-0.3, -0.25) is 0 Å². The highest BCUT2D eigenvalue weighted by atomic mass is 16.4. The zero-order chi connectivity index (χ0) is 10.3. The molecule has 0 aliphatic heterocycles. The predicted molar refractivity (Wildman–Crippen MR) is 60.1 cm³/mol. The lowest BCUT2D eigenvalue weighted by Crippen LogP contribution is -2.10. The summed E-state index contributed by atoms with van der Waals surface area (Å²) < 4.78 is 0. The van der Waals surface area contributed by atoms with E-state index in [4.69, 9.17) is 5.21 Å². The highest BCUT2D eigenvalue weighted by Crippen LogP contribution is 2.41. The van der Waals surface area contributed by atoms with Gasteiger partial charge in [-0.05, 0) is 48.0 Å². The molecule has 0 unspecified atom stereocenters. The summed E-state index contributed by atoms with van der Waals surface area (Å²) in [6, 6.07) is 8.54. The van der Waals surface area contributed by atoms with E-state index in [1.54, 1.807) is 0 Å². The van der Waals surface area contributed by atoms with E-state index in [-0.39, 0.29) is 0 Å². The summed E-state index contributed by atoms with van der Waals surface area (Å²) in [5.41, 5.74) is 4.97. The molecule has 1 N–H and O–H groups in total. The third kappa shape index (κ3) is 1.29. The smallest absolute Gasteiger partial charge is 0.0799 e. The topological polar surface area (TPSA) is 32.6 Å². The summed E-state index contributed by atoms with van der Waals surface area (Å²) in [7, 11) is 0. The van der Waals surface area contributed by atoms with E-state index in [1.807, 2.05) is 0 Å². The molecule has 2 nitrogen and oxygen atoms in total. The van der Waals surface area contributed by atoms with Gasteiger partial charge in [-0.15, -0.1) is 0 Å². The van der Waals surface area contributed by atoms with Gasteiger partial charge < -0.3 is 5.21 Å². The Balaban J connectivity index is 2.12. The lowest BCUT2D eigenvalue weighted by Gasteiger charge is -2.17. The van der Waals surface area contributed by atoms with E-state index in [1.165, 1.54) is 16.7 Å². The maximum Gasteiger partial charge on any atom is 0.0799 e. The molecular formula is C13H13NO. The van der Waals surface area contributed by atoms with Crippen LogP contribution in [0.15, 0.2) is 35.5 Å². The summed E-state index contributed by atoms with van der Waals surface area (Å²) >= 11 is 0. The first-order valence-corrected chi connectivity index (χ1v) is 5.39. The van der Waals surface area contributed by atoms with Gasteiger partial charge in [0.05, 0.1) is 5.71 Å². The first kappa shape index (κ1) is 8.72. The van der Waals surface area contributed by atoms with Crippen LogP contribution in [0.1, 0.15) is 24.0 Å². The van der Waals surface area contributed by atoms with Crippen LogP contribution in [0.3, 0.4) is 0 Å². The molecule has 2 heteroatoms. The van der Waals surface area contributed by atoms with Crippen molar-refractivity contribution in [3.05, 3.63) is 41.5 Å². The Morgan fingerprint density at radius 1 is 1.27 bits per heavy atom. The number of hydrogen-bond acceptors (Lipinski definition) is 2. The Morgan fingerprint density at radius 2 is 2.13 bits per heavy atom. The third-order valence-electron chi connectivity index (χ3n) is 3.43. The van der Waals surface area contributed by atoms with Crippen LogP contribution >= 0.6 is 0 Å². The van der Waals surface area contributed by atoms with Crippen LogP contribution in [0.2, 0.25) is 0 Å². The van der Waals surface area contributed by atoms with E-state index < -0.39 is 0 Å². The molecule has 0 saturated carbocycles. The van der Waals surface area contributed by atoms with Gasteiger partial charge in [-0.25, -0.2) is 0 Å². The molecule has 0 bridgehead atoms. The molecule has 2 aliphatic carbocycles. The summed E-state index contributed by atoms with van der Waals surface area (Å²) in [5, 5.41) is 12.1. The highest BCUT2D eigenvalue weighted by molar-refractivity contribution is 6.03. The van der Waals surface area contributed by atoms with Crippen LogP contribution in [0.5, 0.6) is 0 Å². The molecule has 0 spiro atoms. The summed E-state index contributed by atoms with van der Waals surface area (Å²) in [6.45, 7) is 0. The Kier molecular flexibility index (Phi) is 1.88. The molecule has 15 heavy (non-hydrogen) atoms. The SMILES string of the molecule is O/N=C1\C=C2c3ccccc3C[C@@H]2CC1. The first-order chi connectivity index (χ1) is 7.38. The van der Waals surface area contributed by atoms with E-state index in [0.717, 1.165) is 25.0 Å². The van der Waals surface area contributed by atoms with Gasteiger partial charge in [0.15, 0.2) is 0 Å². The van der Waals surface area contributed by atoms with Crippen LogP contribution in [-0.2, 0) is 6.42 Å². The van der Waals surface area contributed by atoms with Crippen molar-refractivity contribution in [1.29, 1.82) is 0 Å². The fraction of sp³-hybridized carbons (Fsp3) is 0.308. The van der Waals surface area contributed by atoms with Gasteiger partial charge in [-0.2, -0.15) is 0 Å². The average molecular weight is 199 g/mol. The molecule has 3 rings (SSSR count). The van der Waals surface area contributed by atoms with Crippen LogP contribution in [0.4, 0.5) is 0 Å². The number of oxime groups is 1. The molecular weight excluding hydrogens is 186 g/mol. The fourth-order valence-corrected chi connectivity index (χ4v) is 2.68.